The van der Waals surface area contributed by atoms with Crippen molar-refractivity contribution in [2.24, 2.45) is 0 Å². The number of hydrogen-bond acceptors (Lipinski definition) is 4. The van der Waals surface area contributed by atoms with E-state index in [1.54, 1.807) is 43.3 Å². The van der Waals surface area contributed by atoms with Crippen LogP contribution in [0.15, 0.2) is 54.6 Å². The van der Waals surface area contributed by atoms with Gasteiger partial charge in [-0.25, -0.2) is 0 Å². The van der Waals surface area contributed by atoms with Crippen molar-refractivity contribution in [3.05, 3.63) is 60.2 Å². The Bertz CT molecular complexity index is 988. The first-order chi connectivity index (χ1) is 15.8. The maximum Gasteiger partial charge on any atom is 0.243 e. The third-order valence-electron chi connectivity index (χ3n) is 5.68. The molecule has 1 aliphatic rings. The van der Waals surface area contributed by atoms with Crippen molar-refractivity contribution < 1.29 is 18.6 Å². The van der Waals surface area contributed by atoms with Crippen molar-refractivity contribution in [1.29, 1.82) is 0 Å². The van der Waals surface area contributed by atoms with E-state index in [2.05, 4.69) is 10.6 Å². The number of hydrogen-bond donors (Lipinski definition) is 2. The predicted octanol–water partition coefficient (Wildman–Crippen LogP) is 3.16. The van der Waals surface area contributed by atoms with E-state index in [1.807, 2.05) is 25.1 Å². The van der Waals surface area contributed by atoms with Gasteiger partial charge in [-0.15, -0.1) is 0 Å². The SMILES string of the molecule is Cc1ccc(NC(=O)C[S@](=O)CC(=O)N(c2ccccc2)[C@@H](C)C(=O)NC2CCCC2)cc1. The lowest BCUT2D eigenvalue weighted by Gasteiger charge is -2.29. The van der Waals surface area contributed by atoms with Crippen LogP contribution in [0.3, 0.4) is 0 Å². The van der Waals surface area contributed by atoms with Crippen LogP contribution >= 0.6 is 0 Å². The molecular formula is C25H31N3O4S. The number of carbonyl (C=O) groups excluding carboxylic acids is 3. The highest BCUT2D eigenvalue weighted by Crippen LogP contribution is 2.20. The van der Waals surface area contributed by atoms with Crippen LogP contribution in [0.5, 0.6) is 0 Å². The average Bonchev–Trinajstić information content (AvgIpc) is 3.29. The van der Waals surface area contributed by atoms with Gasteiger partial charge in [-0.2, -0.15) is 0 Å². The van der Waals surface area contributed by atoms with Crippen LogP contribution in [0, 0.1) is 6.92 Å². The van der Waals surface area contributed by atoms with Crippen LogP contribution in [-0.4, -0.2) is 45.5 Å². The van der Waals surface area contributed by atoms with Gasteiger partial charge in [-0.3, -0.25) is 23.5 Å². The Morgan fingerprint density at radius 1 is 1.00 bits per heavy atom. The molecule has 176 valence electrons. The molecule has 3 amide bonds. The summed E-state index contributed by atoms with van der Waals surface area (Å²) in [5.41, 5.74) is 2.23. The maximum absolute atomic E-state index is 13.1. The zero-order valence-electron chi connectivity index (χ0n) is 19.1. The summed E-state index contributed by atoms with van der Waals surface area (Å²) < 4.78 is 12.6. The Labute approximate surface area is 197 Å². The number of para-hydroxylation sites is 1. The molecule has 2 atom stereocenters. The number of benzene rings is 2. The number of aryl methyl sites for hydroxylation is 1. The monoisotopic (exact) mass is 469 g/mol. The Morgan fingerprint density at radius 3 is 2.27 bits per heavy atom. The average molecular weight is 470 g/mol. The minimum absolute atomic E-state index is 0.132. The fraction of sp³-hybridized carbons (Fsp3) is 0.400. The molecule has 1 aliphatic carbocycles. The van der Waals surface area contributed by atoms with Gasteiger partial charge in [0.2, 0.25) is 17.7 Å². The highest BCUT2D eigenvalue weighted by molar-refractivity contribution is 7.86. The zero-order valence-corrected chi connectivity index (χ0v) is 19.9. The molecule has 2 aromatic rings. The molecule has 0 aliphatic heterocycles. The molecule has 0 bridgehead atoms. The second-order valence-electron chi connectivity index (χ2n) is 8.41. The number of carbonyl (C=O) groups is 3. The van der Waals surface area contributed by atoms with Crippen molar-refractivity contribution in [2.75, 3.05) is 21.7 Å². The molecule has 0 saturated heterocycles. The van der Waals surface area contributed by atoms with E-state index >= 15 is 0 Å². The van der Waals surface area contributed by atoms with Crippen molar-refractivity contribution in [3.63, 3.8) is 0 Å². The van der Waals surface area contributed by atoms with Crippen molar-refractivity contribution in [2.45, 2.75) is 51.6 Å². The van der Waals surface area contributed by atoms with Crippen molar-refractivity contribution in [1.82, 2.24) is 5.32 Å². The third-order valence-corrected chi connectivity index (χ3v) is 6.84. The number of anilines is 2. The second-order valence-corrected chi connectivity index (χ2v) is 9.86. The van der Waals surface area contributed by atoms with E-state index in [-0.39, 0.29) is 23.5 Å². The highest BCUT2D eigenvalue weighted by Gasteiger charge is 2.30. The number of rotatable bonds is 9. The van der Waals surface area contributed by atoms with E-state index < -0.39 is 28.7 Å². The van der Waals surface area contributed by atoms with E-state index in [9.17, 15) is 18.6 Å². The van der Waals surface area contributed by atoms with Gasteiger partial charge < -0.3 is 10.6 Å². The second kappa shape index (κ2) is 11.7. The van der Waals surface area contributed by atoms with Gasteiger partial charge >= 0.3 is 0 Å². The highest BCUT2D eigenvalue weighted by atomic mass is 32.2. The molecule has 7 nitrogen and oxygen atoms in total. The molecule has 2 N–H and O–H groups in total. The summed E-state index contributed by atoms with van der Waals surface area (Å²) in [5.74, 6) is -1.77. The fourth-order valence-corrected chi connectivity index (χ4v) is 4.80. The molecule has 0 radical (unpaired) electrons. The minimum atomic E-state index is -1.72. The number of amides is 3. The molecule has 3 rings (SSSR count). The van der Waals surface area contributed by atoms with Crippen LogP contribution in [0.1, 0.15) is 38.2 Å². The quantitative estimate of drug-likeness (QED) is 0.590. The van der Waals surface area contributed by atoms with Crippen LogP contribution in [0.25, 0.3) is 0 Å². The van der Waals surface area contributed by atoms with Crippen LogP contribution in [0.4, 0.5) is 11.4 Å². The normalized spacial score (nSPS) is 15.5. The lowest BCUT2D eigenvalue weighted by atomic mass is 10.1. The summed E-state index contributed by atoms with van der Waals surface area (Å²) in [6, 6.07) is 15.5. The maximum atomic E-state index is 13.1. The number of nitrogens with zero attached hydrogens (tertiary/aromatic N) is 1. The topological polar surface area (TPSA) is 95.6 Å². The summed E-state index contributed by atoms with van der Waals surface area (Å²) in [5, 5.41) is 5.72. The van der Waals surface area contributed by atoms with Gasteiger partial charge in [0.05, 0.1) is 0 Å². The van der Waals surface area contributed by atoms with Crippen molar-refractivity contribution >= 4 is 39.9 Å². The van der Waals surface area contributed by atoms with Gasteiger partial charge in [-0.05, 0) is 51.0 Å². The van der Waals surface area contributed by atoms with Gasteiger partial charge in [0.15, 0.2) is 0 Å². The molecule has 8 heteroatoms. The first-order valence-corrected chi connectivity index (χ1v) is 12.7. The fourth-order valence-electron chi connectivity index (χ4n) is 3.92. The Hall–Kier alpha value is -3.00. The van der Waals surface area contributed by atoms with Crippen molar-refractivity contribution in [3.8, 4) is 0 Å². The molecule has 0 spiro atoms. The van der Waals surface area contributed by atoms with Gasteiger partial charge in [0.1, 0.15) is 17.5 Å². The van der Waals surface area contributed by atoms with Gasteiger partial charge in [-0.1, -0.05) is 48.7 Å². The summed E-state index contributed by atoms with van der Waals surface area (Å²) >= 11 is 0. The Kier molecular flexibility index (Phi) is 8.77. The predicted molar refractivity (Wildman–Crippen MR) is 131 cm³/mol. The summed E-state index contributed by atoms with van der Waals surface area (Å²) in [6.45, 7) is 3.61. The summed E-state index contributed by atoms with van der Waals surface area (Å²) in [7, 11) is -1.72. The standard InChI is InChI=1S/C25H31N3O4S/c1-18-12-14-21(15-13-18)26-23(29)16-33(32)17-24(30)28(22-10-4-3-5-11-22)19(2)25(31)27-20-8-6-7-9-20/h3-5,10-15,19-20H,6-9,16-17H2,1-2H3,(H,26,29)(H,27,31)/t19-,33-/m0/s1. The van der Waals surface area contributed by atoms with Crippen LogP contribution < -0.4 is 15.5 Å². The van der Waals surface area contributed by atoms with E-state index in [1.165, 1.54) is 4.90 Å². The zero-order chi connectivity index (χ0) is 23.8. The lowest BCUT2D eigenvalue weighted by Crippen LogP contribution is -2.51. The Balaban J connectivity index is 1.64. The molecule has 0 unspecified atom stereocenters. The summed E-state index contributed by atoms with van der Waals surface area (Å²) in [6.07, 6.45) is 4.06. The first kappa shape index (κ1) is 24.6. The smallest absolute Gasteiger partial charge is 0.243 e. The third kappa shape index (κ3) is 7.25. The number of nitrogens with one attached hydrogen (secondary N) is 2. The van der Waals surface area contributed by atoms with Gasteiger partial charge in [0, 0.05) is 28.2 Å². The summed E-state index contributed by atoms with van der Waals surface area (Å²) in [4.78, 5) is 39.6. The van der Waals surface area contributed by atoms with E-state index in [4.69, 9.17) is 0 Å². The molecule has 33 heavy (non-hydrogen) atoms. The largest absolute Gasteiger partial charge is 0.352 e. The Morgan fingerprint density at radius 2 is 1.64 bits per heavy atom. The molecule has 0 heterocycles. The van der Waals surface area contributed by atoms with E-state index in [0.29, 0.717) is 11.4 Å². The van der Waals surface area contributed by atoms with Crippen LogP contribution in [0.2, 0.25) is 0 Å². The molecule has 2 aromatic carbocycles. The lowest BCUT2D eigenvalue weighted by molar-refractivity contribution is -0.125. The minimum Gasteiger partial charge on any atom is -0.352 e. The van der Waals surface area contributed by atoms with Crippen LogP contribution in [-0.2, 0) is 25.2 Å². The molecule has 1 fully saturated rings. The van der Waals surface area contributed by atoms with Gasteiger partial charge in [0.25, 0.3) is 0 Å². The molecule has 1 saturated carbocycles. The molecular weight excluding hydrogens is 438 g/mol. The molecule has 0 aromatic heterocycles. The first-order valence-electron chi connectivity index (χ1n) is 11.2. The van der Waals surface area contributed by atoms with E-state index in [0.717, 1.165) is 31.2 Å².